The summed E-state index contributed by atoms with van der Waals surface area (Å²) in [5, 5.41) is 0. The minimum atomic E-state index is -0.456. The van der Waals surface area contributed by atoms with Crippen LogP contribution < -0.4 is 12.4 Å². The van der Waals surface area contributed by atoms with Gasteiger partial charge in [0.25, 0.3) is 5.78 Å². The van der Waals surface area contributed by atoms with Gasteiger partial charge in [-0.3, -0.25) is 9.59 Å². The monoisotopic (exact) mass is 205 g/mol. The molecule has 0 radical (unpaired) electrons. The Kier molecular flexibility index (Phi) is 5.87. The lowest BCUT2D eigenvalue weighted by Gasteiger charge is -2.22. The molecule has 0 N–H and O–H groups in total. The van der Waals surface area contributed by atoms with Gasteiger partial charge in [-0.15, -0.1) is 0 Å². The van der Waals surface area contributed by atoms with Gasteiger partial charge in [-0.2, -0.15) is 0 Å². The summed E-state index contributed by atoms with van der Waals surface area (Å²) < 4.78 is 0.470. The number of ketones is 2. The Bertz CT molecular complexity index is 228. The third-order valence-electron chi connectivity index (χ3n) is 1.26. The van der Waals surface area contributed by atoms with Crippen molar-refractivity contribution in [1.82, 2.24) is 0 Å². The highest BCUT2D eigenvalue weighted by Gasteiger charge is 2.21. The predicted molar refractivity (Wildman–Crippen MR) is 47.7 cm³/mol. The van der Waals surface area contributed by atoms with Crippen molar-refractivity contribution in [3.8, 4) is 0 Å². The van der Waals surface area contributed by atoms with Crippen molar-refractivity contribution in [3.05, 3.63) is 12.2 Å². The van der Waals surface area contributed by atoms with E-state index in [0.29, 0.717) is 10.1 Å². The third-order valence-corrected chi connectivity index (χ3v) is 1.26. The Labute approximate surface area is 85.4 Å². The number of hydrogen-bond donors (Lipinski definition) is 0. The lowest BCUT2D eigenvalue weighted by Crippen LogP contribution is -3.00. The highest BCUT2D eigenvalue weighted by molar-refractivity contribution is 6.43. The molecule has 0 amide bonds. The molecule has 0 aliphatic rings. The number of nitrogens with zero attached hydrogens (tertiary/aromatic N) is 1. The molecule has 0 rings (SSSR count). The third kappa shape index (κ3) is 6.49. The van der Waals surface area contributed by atoms with Gasteiger partial charge in [-0.1, -0.05) is 6.58 Å². The molecule has 0 aliphatic heterocycles. The van der Waals surface area contributed by atoms with Gasteiger partial charge in [-0.25, -0.2) is 0 Å². The van der Waals surface area contributed by atoms with E-state index in [1.165, 1.54) is 0 Å². The van der Waals surface area contributed by atoms with Crippen LogP contribution in [0.1, 0.15) is 6.92 Å². The van der Waals surface area contributed by atoms with Crippen molar-refractivity contribution in [2.45, 2.75) is 6.92 Å². The molecule has 0 heterocycles. The normalized spacial score (nSPS) is 10.2. The molecule has 76 valence electrons. The Hall–Kier alpha value is -0.670. The summed E-state index contributed by atoms with van der Waals surface area (Å²) in [4.78, 5) is 22.2. The summed E-state index contributed by atoms with van der Waals surface area (Å²) in [5.41, 5.74) is 0.313. The molecule has 0 atom stereocenters. The quantitative estimate of drug-likeness (QED) is 0.287. The van der Waals surface area contributed by atoms with Gasteiger partial charge in [0, 0.05) is 0 Å². The molecule has 3 nitrogen and oxygen atoms in total. The van der Waals surface area contributed by atoms with Crippen LogP contribution in [0.2, 0.25) is 0 Å². The fourth-order valence-electron chi connectivity index (χ4n) is 0.741. The van der Waals surface area contributed by atoms with E-state index in [2.05, 4.69) is 6.58 Å². The Morgan fingerprint density at radius 3 is 1.85 bits per heavy atom. The Morgan fingerprint density at radius 1 is 1.23 bits per heavy atom. The van der Waals surface area contributed by atoms with Gasteiger partial charge in [-0.05, 0) is 12.5 Å². The Morgan fingerprint density at radius 2 is 1.62 bits per heavy atom. The minimum absolute atomic E-state index is 0. The highest BCUT2D eigenvalue weighted by Crippen LogP contribution is 1.96. The first kappa shape index (κ1) is 14.8. The van der Waals surface area contributed by atoms with Crippen molar-refractivity contribution in [3.63, 3.8) is 0 Å². The zero-order chi connectivity index (χ0) is 9.94. The second-order valence-corrected chi connectivity index (χ2v) is 3.98. The average Bonchev–Trinajstić information content (AvgIpc) is 1.82. The minimum Gasteiger partial charge on any atom is -1.00 e. The number of quaternary nitrogens is 1. The van der Waals surface area contributed by atoms with Crippen LogP contribution in [0.4, 0.5) is 0 Å². The van der Waals surface area contributed by atoms with Crippen LogP contribution in [-0.4, -0.2) is 43.7 Å². The molecular formula is C9H16ClNO2. The standard InChI is InChI=1S/C9H16NO2.ClH/c1-7(2)9(12)8(11)6-10(3,4)5;/h1,6H2,2-5H3;1H/q+1;/p-1. The van der Waals surface area contributed by atoms with Crippen molar-refractivity contribution in [2.75, 3.05) is 27.7 Å². The molecule has 0 bridgehead atoms. The summed E-state index contributed by atoms with van der Waals surface area (Å²) in [6.45, 7) is 5.21. The van der Waals surface area contributed by atoms with Crippen LogP contribution in [0.5, 0.6) is 0 Å². The number of allylic oxidation sites excluding steroid dienone is 1. The Balaban J connectivity index is 0. The summed E-state index contributed by atoms with van der Waals surface area (Å²) in [6.07, 6.45) is 0. The number of carbonyl (C=O) groups excluding carboxylic acids is 2. The summed E-state index contributed by atoms with van der Waals surface area (Å²) >= 11 is 0. The molecule has 0 saturated carbocycles. The van der Waals surface area contributed by atoms with E-state index in [0.717, 1.165) is 0 Å². The van der Waals surface area contributed by atoms with E-state index in [1.807, 2.05) is 21.1 Å². The molecule has 0 spiro atoms. The number of carbonyl (C=O) groups is 2. The molecule has 0 saturated heterocycles. The van der Waals surface area contributed by atoms with E-state index in [-0.39, 0.29) is 24.7 Å². The van der Waals surface area contributed by atoms with E-state index < -0.39 is 5.78 Å². The lowest BCUT2D eigenvalue weighted by atomic mass is 10.1. The number of Topliss-reactive ketones (excluding diaryl/α,β-unsaturated/α-hetero) is 2. The van der Waals surface area contributed by atoms with Crippen LogP contribution in [0.25, 0.3) is 0 Å². The fourth-order valence-corrected chi connectivity index (χ4v) is 0.741. The number of hydrogen-bond acceptors (Lipinski definition) is 2. The van der Waals surface area contributed by atoms with Crippen molar-refractivity contribution in [1.29, 1.82) is 0 Å². The predicted octanol–water partition coefficient (Wildman–Crippen LogP) is -2.59. The van der Waals surface area contributed by atoms with E-state index in [4.69, 9.17) is 0 Å². The second kappa shape index (κ2) is 5.14. The van der Waals surface area contributed by atoms with Crippen LogP contribution in [0, 0.1) is 0 Å². The fraction of sp³-hybridized carbons (Fsp3) is 0.556. The number of rotatable bonds is 4. The van der Waals surface area contributed by atoms with Gasteiger partial charge in [0.05, 0.1) is 21.1 Å². The van der Waals surface area contributed by atoms with E-state index in [1.54, 1.807) is 6.92 Å². The smallest absolute Gasteiger partial charge is 0.256 e. The van der Waals surface area contributed by atoms with E-state index >= 15 is 0 Å². The van der Waals surface area contributed by atoms with Crippen molar-refractivity contribution >= 4 is 11.6 Å². The SMILES string of the molecule is C=C(C)C(=O)C(=O)C[N+](C)(C)C.[Cl-]. The molecule has 0 aromatic rings. The molecule has 4 heteroatoms. The first-order chi connectivity index (χ1) is 5.24. The summed E-state index contributed by atoms with van der Waals surface area (Å²) in [7, 11) is 5.59. The van der Waals surface area contributed by atoms with Crippen LogP contribution >= 0.6 is 0 Å². The van der Waals surface area contributed by atoms with Crippen LogP contribution in [-0.2, 0) is 9.59 Å². The van der Waals surface area contributed by atoms with Gasteiger partial charge in [0.2, 0.25) is 5.78 Å². The molecule has 0 fully saturated rings. The van der Waals surface area contributed by atoms with Crippen molar-refractivity contribution < 1.29 is 26.5 Å². The molecule has 0 aromatic heterocycles. The van der Waals surface area contributed by atoms with Gasteiger partial charge >= 0.3 is 0 Å². The van der Waals surface area contributed by atoms with Gasteiger partial charge in [0.15, 0.2) is 0 Å². The molecule has 0 aliphatic carbocycles. The molecule has 0 aromatic carbocycles. The van der Waals surface area contributed by atoms with Crippen LogP contribution in [0.3, 0.4) is 0 Å². The van der Waals surface area contributed by atoms with E-state index in [9.17, 15) is 9.59 Å². The maximum absolute atomic E-state index is 11.2. The maximum atomic E-state index is 11.2. The summed E-state index contributed by atoms with van der Waals surface area (Å²) in [5.74, 6) is -0.821. The average molecular weight is 206 g/mol. The molecule has 13 heavy (non-hydrogen) atoms. The van der Waals surface area contributed by atoms with Gasteiger partial charge < -0.3 is 16.9 Å². The summed E-state index contributed by atoms with van der Waals surface area (Å²) in [6, 6.07) is 0. The topological polar surface area (TPSA) is 34.1 Å². The zero-order valence-corrected chi connectivity index (χ0v) is 9.31. The molecule has 0 unspecified atom stereocenters. The highest BCUT2D eigenvalue weighted by atomic mass is 35.5. The molecular weight excluding hydrogens is 190 g/mol. The zero-order valence-electron chi connectivity index (χ0n) is 8.56. The van der Waals surface area contributed by atoms with Gasteiger partial charge in [0.1, 0.15) is 6.54 Å². The number of halogens is 1. The van der Waals surface area contributed by atoms with Crippen LogP contribution in [0.15, 0.2) is 12.2 Å². The van der Waals surface area contributed by atoms with Crippen molar-refractivity contribution in [2.24, 2.45) is 0 Å². The number of likely N-dealkylation sites (N-methyl/N-ethyl adjacent to an activating group) is 1. The largest absolute Gasteiger partial charge is 1.00 e. The lowest BCUT2D eigenvalue weighted by molar-refractivity contribution is -0.861. The first-order valence-electron chi connectivity index (χ1n) is 3.77. The second-order valence-electron chi connectivity index (χ2n) is 3.98. The maximum Gasteiger partial charge on any atom is 0.256 e. The first-order valence-corrected chi connectivity index (χ1v) is 3.77.